The summed E-state index contributed by atoms with van der Waals surface area (Å²) in [6.45, 7) is 8.38. The molecule has 2 atom stereocenters. The van der Waals surface area contributed by atoms with Crippen LogP contribution >= 0.6 is 0 Å². The van der Waals surface area contributed by atoms with Gasteiger partial charge in [0.1, 0.15) is 17.1 Å². The maximum atomic E-state index is 12.6. The normalized spacial score (nSPS) is 12.8. The quantitative estimate of drug-likeness (QED) is 0.328. The number of aromatic nitrogens is 3. The number of rotatable bonds is 9. The third-order valence-electron chi connectivity index (χ3n) is 5.27. The maximum absolute atomic E-state index is 12.6. The van der Waals surface area contributed by atoms with Crippen LogP contribution < -0.4 is 9.50 Å². The highest BCUT2D eigenvalue weighted by Gasteiger charge is 2.19. The van der Waals surface area contributed by atoms with E-state index in [4.69, 9.17) is 14.2 Å². The maximum Gasteiger partial charge on any atom is 0.240 e. The van der Waals surface area contributed by atoms with Crippen molar-refractivity contribution in [3.63, 3.8) is 0 Å². The van der Waals surface area contributed by atoms with Crippen LogP contribution in [0.2, 0.25) is 0 Å². The van der Waals surface area contributed by atoms with Crippen molar-refractivity contribution in [3.05, 3.63) is 54.4 Å². The smallest absolute Gasteiger partial charge is 0.240 e. The number of benzene rings is 2. The molecule has 0 fully saturated rings. The summed E-state index contributed by atoms with van der Waals surface area (Å²) in [6.07, 6.45) is 2.41. The number of fused-ring (bicyclic) bond motifs is 3. The Balaban J connectivity index is 0.00000158. The standard InChI is InChI=1S/C24H28N4O3S.C2H6/c1-4-5-11-21-27-22-23(28(21)15-16(2)29)19-13-12-17(14-20(19)26-24(22)25-3)31-32(30)18-9-7-6-8-10-18;1-2/h6-10,12-14,16,29H,4-5,11,15H2,1-3H3,(H,25,26);1-2H3. The first-order valence-electron chi connectivity index (χ1n) is 11.9. The average molecular weight is 483 g/mol. The third kappa shape index (κ3) is 5.56. The zero-order valence-electron chi connectivity index (χ0n) is 20.5. The van der Waals surface area contributed by atoms with Crippen LogP contribution in [-0.4, -0.2) is 37.0 Å². The van der Waals surface area contributed by atoms with E-state index in [1.54, 1.807) is 31.2 Å². The van der Waals surface area contributed by atoms with Gasteiger partial charge in [0.2, 0.25) is 11.1 Å². The van der Waals surface area contributed by atoms with Crippen molar-refractivity contribution in [1.82, 2.24) is 14.5 Å². The molecule has 0 saturated heterocycles. The molecule has 7 nitrogen and oxygen atoms in total. The molecule has 2 aromatic heterocycles. The highest BCUT2D eigenvalue weighted by Crippen LogP contribution is 2.33. The highest BCUT2D eigenvalue weighted by molar-refractivity contribution is 7.80. The zero-order valence-corrected chi connectivity index (χ0v) is 21.4. The molecule has 2 unspecified atom stereocenters. The van der Waals surface area contributed by atoms with Crippen LogP contribution in [-0.2, 0) is 24.0 Å². The van der Waals surface area contributed by atoms with Gasteiger partial charge in [-0.25, -0.2) is 14.2 Å². The minimum Gasteiger partial charge on any atom is -0.397 e. The second-order valence-corrected chi connectivity index (χ2v) is 8.92. The molecule has 0 aliphatic rings. The van der Waals surface area contributed by atoms with Crippen LogP contribution in [0.4, 0.5) is 5.82 Å². The van der Waals surface area contributed by atoms with E-state index in [9.17, 15) is 9.32 Å². The van der Waals surface area contributed by atoms with Gasteiger partial charge in [-0.3, -0.25) is 0 Å². The van der Waals surface area contributed by atoms with E-state index in [-0.39, 0.29) is 0 Å². The summed E-state index contributed by atoms with van der Waals surface area (Å²) in [5.74, 6) is 2.08. The van der Waals surface area contributed by atoms with Gasteiger partial charge in [-0.05, 0) is 37.6 Å². The van der Waals surface area contributed by atoms with Crippen molar-refractivity contribution < 1.29 is 13.5 Å². The number of nitrogens with one attached hydrogen (secondary N) is 1. The van der Waals surface area contributed by atoms with E-state index in [0.29, 0.717) is 28.5 Å². The Bertz CT molecular complexity index is 1260. The molecule has 4 aromatic rings. The molecule has 182 valence electrons. The number of hydrogen-bond acceptors (Lipinski definition) is 6. The van der Waals surface area contributed by atoms with E-state index in [2.05, 4.69) is 16.8 Å². The average Bonchev–Trinajstić information content (AvgIpc) is 3.21. The highest BCUT2D eigenvalue weighted by atomic mass is 32.2. The van der Waals surface area contributed by atoms with Crippen molar-refractivity contribution >= 4 is 38.8 Å². The summed E-state index contributed by atoms with van der Waals surface area (Å²) in [4.78, 5) is 10.2. The van der Waals surface area contributed by atoms with Crippen molar-refractivity contribution in [2.75, 3.05) is 12.4 Å². The lowest BCUT2D eigenvalue weighted by atomic mass is 10.1. The zero-order chi connectivity index (χ0) is 24.7. The lowest BCUT2D eigenvalue weighted by Crippen LogP contribution is -2.14. The Morgan fingerprint density at radius 2 is 1.88 bits per heavy atom. The van der Waals surface area contributed by atoms with E-state index in [1.165, 1.54) is 0 Å². The van der Waals surface area contributed by atoms with Gasteiger partial charge >= 0.3 is 0 Å². The molecule has 2 aromatic carbocycles. The molecule has 0 saturated carbocycles. The van der Waals surface area contributed by atoms with Crippen LogP contribution in [0.5, 0.6) is 5.75 Å². The number of aryl methyl sites for hydroxylation is 1. The predicted octanol–water partition coefficient (Wildman–Crippen LogP) is 5.48. The molecule has 0 amide bonds. The molecule has 34 heavy (non-hydrogen) atoms. The van der Waals surface area contributed by atoms with Gasteiger partial charge in [0.25, 0.3) is 0 Å². The predicted molar refractivity (Wildman–Crippen MR) is 140 cm³/mol. The molecular weight excluding hydrogens is 448 g/mol. The molecule has 0 bridgehead atoms. The fourth-order valence-electron chi connectivity index (χ4n) is 3.79. The number of imidazole rings is 1. The first-order chi connectivity index (χ1) is 16.5. The van der Waals surface area contributed by atoms with Crippen molar-refractivity contribution in [3.8, 4) is 5.75 Å². The van der Waals surface area contributed by atoms with E-state index in [0.717, 1.165) is 41.5 Å². The summed E-state index contributed by atoms with van der Waals surface area (Å²) in [5.41, 5.74) is 2.42. The molecule has 0 aliphatic heterocycles. The second kappa shape index (κ2) is 11.9. The summed E-state index contributed by atoms with van der Waals surface area (Å²) < 4.78 is 20.4. The first kappa shape index (κ1) is 25.6. The largest absolute Gasteiger partial charge is 0.397 e. The Kier molecular flexibility index (Phi) is 9.01. The minimum absolute atomic E-state index is 0.452. The summed E-state index contributed by atoms with van der Waals surface area (Å²) in [5, 5.41) is 14.2. The molecule has 2 heterocycles. The lowest BCUT2D eigenvalue weighted by molar-refractivity contribution is 0.174. The van der Waals surface area contributed by atoms with Gasteiger partial charge in [-0.2, -0.15) is 0 Å². The molecule has 2 N–H and O–H groups in total. The third-order valence-corrected chi connectivity index (χ3v) is 6.27. The second-order valence-electron chi connectivity index (χ2n) is 7.81. The number of pyridine rings is 1. The topological polar surface area (TPSA) is 89.3 Å². The van der Waals surface area contributed by atoms with Gasteiger partial charge in [0.15, 0.2) is 5.82 Å². The molecule has 8 heteroatoms. The van der Waals surface area contributed by atoms with Crippen LogP contribution in [0.3, 0.4) is 0 Å². The van der Waals surface area contributed by atoms with Crippen molar-refractivity contribution in [2.45, 2.75) is 64.5 Å². The molecule has 4 rings (SSSR count). The number of unbranched alkanes of at least 4 members (excludes halogenated alkanes) is 1. The fourth-order valence-corrected chi connectivity index (χ4v) is 4.55. The summed E-state index contributed by atoms with van der Waals surface area (Å²) in [6, 6.07) is 14.6. The summed E-state index contributed by atoms with van der Waals surface area (Å²) in [7, 11) is 1.82. The Labute approximate surface area is 203 Å². The van der Waals surface area contributed by atoms with Gasteiger partial charge in [-0.15, -0.1) is 0 Å². The van der Waals surface area contributed by atoms with Gasteiger partial charge in [-0.1, -0.05) is 45.4 Å². The molecule has 0 aliphatic carbocycles. The van der Waals surface area contributed by atoms with E-state index >= 15 is 0 Å². The minimum atomic E-state index is -1.62. The van der Waals surface area contributed by atoms with Gasteiger partial charge < -0.3 is 19.2 Å². The van der Waals surface area contributed by atoms with E-state index < -0.39 is 17.2 Å². The van der Waals surface area contributed by atoms with Crippen molar-refractivity contribution in [1.29, 1.82) is 0 Å². The molecule has 0 radical (unpaired) electrons. The van der Waals surface area contributed by atoms with Crippen LogP contribution in [0.15, 0.2) is 53.4 Å². The number of hydrogen-bond donors (Lipinski definition) is 2. The van der Waals surface area contributed by atoms with Gasteiger partial charge in [0, 0.05) is 24.9 Å². The number of aliphatic hydroxyl groups is 1. The number of aliphatic hydroxyl groups excluding tert-OH is 1. The van der Waals surface area contributed by atoms with Crippen LogP contribution in [0, 0.1) is 0 Å². The summed E-state index contributed by atoms with van der Waals surface area (Å²) >= 11 is -1.62. The Morgan fingerprint density at radius 1 is 1.15 bits per heavy atom. The Morgan fingerprint density at radius 3 is 2.53 bits per heavy atom. The van der Waals surface area contributed by atoms with Crippen molar-refractivity contribution in [2.24, 2.45) is 0 Å². The molecule has 0 spiro atoms. The monoisotopic (exact) mass is 482 g/mol. The number of nitrogens with zero attached hydrogens (tertiary/aromatic N) is 3. The molecular formula is C26H34N4O3S. The number of anilines is 1. The van der Waals surface area contributed by atoms with Crippen LogP contribution in [0.25, 0.3) is 21.9 Å². The van der Waals surface area contributed by atoms with E-state index in [1.807, 2.05) is 45.2 Å². The Hall–Kier alpha value is -2.97. The van der Waals surface area contributed by atoms with Gasteiger partial charge in [0.05, 0.1) is 28.6 Å². The fraction of sp³-hybridized carbons (Fsp3) is 0.385. The van der Waals surface area contributed by atoms with Crippen LogP contribution in [0.1, 0.15) is 46.4 Å². The lowest BCUT2D eigenvalue weighted by Gasteiger charge is -2.13. The first-order valence-corrected chi connectivity index (χ1v) is 12.9. The SMILES string of the molecule is CC.CCCCc1nc2c(NC)nc3cc(OS(=O)c4ccccc4)ccc3c2n1CC(C)O.